The maximum Gasteiger partial charge on any atom is 0.234 e. The van der Waals surface area contributed by atoms with Crippen molar-refractivity contribution in [3.63, 3.8) is 0 Å². The van der Waals surface area contributed by atoms with Gasteiger partial charge >= 0.3 is 0 Å². The minimum atomic E-state index is 0.0360. The van der Waals surface area contributed by atoms with Crippen LogP contribution in [0.25, 0.3) is 0 Å². The molecular weight excluding hydrogens is 280 g/mol. The van der Waals surface area contributed by atoms with E-state index >= 15 is 0 Å². The van der Waals surface area contributed by atoms with Gasteiger partial charge in [-0.1, -0.05) is 35.0 Å². The first-order valence-corrected chi connectivity index (χ1v) is 6.68. The minimum absolute atomic E-state index is 0.0360. The fraction of sp³-hybridized carbons (Fsp3) is 0.462. The van der Waals surface area contributed by atoms with Gasteiger partial charge in [-0.2, -0.15) is 0 Å². The highest BCUT2D eigenvalue weighted by molar-refractivity contribution is 9.10. The summed E-state index contributed by atoms with van der Waals surface area (Å²) in [5, 5.41) is 6.04. The van der Waals surface area contributed by atoms with Gasteiger partial charge in [-0.25, -0.2) is 0 Å². The number of amides is 1. The molecule has 94 valence electrons. The SMILES string of the molecule is CCCNCC(=O)N[C@@H](C)c1ccc(Br)cc1. The van der Waals surface area contributed by atoms with Crippen LogP contribution >= 0.6 is 15.9 Å². The lowest BCUT2D eigenvalue weighted by Gasteiger charge is -2.14. The lowest BCUT2D eigenvalue weighted by Crippen LogP contribution is -2.35. The molecule has 1 aromatic carbocycles. The molecule has 1 aromatic rings. The van der Waals surface area contributed by atoms with E-state index in [9.17, 15) is 4.79 Å². The molecule has 0 saturated carbocycles. The van der Waals surface area contributed by atoms with E-state index in [1.165, 1.54) is 0 Å². The Morgan fingerprint density at radius 1 is 1.35 bits per heavy atom. The van der Waals surface area contributed by atoms with Gasteiger partial charge in [0.1, 0.15) is 0 Å². The summed E-state index contributed by atoms with van der Waals surface area (Å²) in [6.45, 7) is 5.32. The molecule has 0 aliphatic rings. The molecule has 0 fully saturated rings. The molecule has 2 N–H and O–H groups in total. The molecule has 0 spiro atoms. The maximum atomic E-state index is 11.6. The summed E-state index contributed by atoms with van der Waals surface area (Å²) in [4.78, 5) is 11.6. The monoisotopic (exact) mass is 298 g/mol. The predicted molar refractivity (Wildman–Crippen MR) is 73.9 cm³/mol. The van der Waals surface area contributed by atoms with Crippen LogP contribution in [0.3, 0.4) is 0 Å². The van der Waals surface area contributed by atoms with Crippen molar-refractivity contribution in [3.05, 3.63) is 34.3 Å². The Kier molecular flexibility index (Phi) is 6.22. The van der Waals surface area contributed by atoms with Crippen molar-refractivity contribution in [3.8, 4) is 0 Å². The molecule has 17 heavy (non-hydrogen) atoms. The maximum absolute atomic E-state index is 11.6. The van der Waals surface area contributed by atoms with E-state index in [4.69, 9.17) is 0 Å². The Hall–Kier alpha value is -0.870. The number of benzene rings is 1. The van der Waals surface area contributed by atoms with Crippen LogP contribution in [0.5, 0.6) is 0 Å². The smallest absolute Gasteiger partial charge is 0.234 e. The molecule has 1 amide bonds. The fourth-order valence-electron chi connectivity index (χ4n) is 1.51. The van der Waals surface area contributed by atoms with Gasteiger partial charge in [0.15, 0.2) is 0 Å². The molecular formula is C13H19BrN2O. The summed E-state index contributed by atoms with van der Waals surface area (Å²) in [5.41, 5.74) is 1.11. The normalized spacial score (nSPS) is 12.2. The number of hydrogen-bond donors (Lipinski definition) is 2. The van der Waals surface area contributed by atoms with Crippen LogP contribution in [0.1, 0.15) is 31.9 Å². The van der Waals surface area contributed by atoms with Crippen molar-refractivity contribution < 1.29 is 4.79 Å². The highest BCUT2D eigenvalue weighted by Crippen LogP contribution is 2.16. The summed E-state index contributed by atoms with van der Waals surface area (Å²) in [6.07, 6.45) is 1.04. The van der Waals surface area contributed by atoms with Crippen molar-refractivity contribution in [2.45, 2.75) is 26.3 Å². The second-order valence-electron chi connectivity index (χ2n) is 4.02. The van der Waals surface area contributed by atoms with Gasteiger partial charge in [0.25, 0.3) is 0 Å². The molecule has 0 aromatic heterocycles. The Labute approximate surface area is 111 Å². The third-order valence-corrected chi connectivity index (χ3v) is 2.99. The van der Waals surface area contributed by atoms with Crippen molar-refractivity contribution in [1.82, 2.24) is 10.6 Å². The first-order chi connectivity index (χ1) is 8.13. The second-order valence-corrected chi connectivity index (χ2v) is 4.93. The zero-order valence-electron chi connectivity index (χ0n) is 10.3. The number of hydrogen-bond acceptors (Lipinski definition) is 2. The molecule has 3 nitrogen and oxygen atoms in total. The Bertz CT molecular complexity index is 351. The molecule has 1 atom stereocenters. The van der Waals surface area contributed by atoms with Crippen molar-refractivity contribution in [1.29, 1.82) is 0 Å². The molecule has 1 rings (SSSR count). The van der Waals surface area contributed by atoms with Gasteiger partial charge in [-0.15, -0.1) is 0 Å². The van der Waals surface area contributed by atoms with Gasteiger partial charge in [0, 0.05) is 4.47 Å². The Balaban J connectivity index is 2.40. The zero-order valence-corrected chi connectivity index (χ0v) is 11.9. The number of rotatable bonds is 6. The number of carbonyl (C=O) groups is 1. The molecule has 0 radical (unpaired) electrons. The lowest BCUT2D eigenvalue weighted by molar-refractivity contribution is -0.120. The molecule has 0 aliphatic carbocycles. The van der Waals surface area contributed by atoms with E-state index in [0.717, 1.165) is 23.0 Å². The summed E-state index contributed by atoms with van der Waals surface area (Å²) in [6, 6.07) is 8.02. The van der Waals surface area contributed by atoms with Crippen molar-refractivity contribution in [2.75, 3.05) is 13.1 Å². The molecule has 0 aliphatic heterocycles. The van der Waals surface area contributed by atoms with Gasteiger partial charge in [-0.05, 0) is 37.6 Å². The van der Waals surface area contributed by atoms with Crippen LogP contribution in [0.15, 0.2) is 28.7 Å². The molecule has 0 heterocycles. The largest absolute Gasteiger partial charge is 0.348 e. The van der Waals surface area contributed by atoms with Crippen LogP contribution in [0, 0.1) is 0 Å². The Morgan fingerprint density at radius 2 is 2.00 bits per heavy atom. The van der Waals surface area contributed by atoms with E-state index in [1.54, 1.807) is 0 Å². The van der Waals surface area contributed by atoms with Crippen LogP contribution in [0.2, 0.25) is 0 Å². The fourth-order valence-corrected chi connectivity index (χ4v) is 1.77. The second kappa shape index (κ2) is 7.45. The number of halogens is 1. The first-order valence-electron chi connectivity index (χ1n) is 5.89. The molecule has 0 bridgehead atoms. The zero-order chi connectivity index (χ0) is 12.7. The summed E-state index contributed by atoms with van der Waals surface area (Å²) in [7, 11) is 0. The minimum Gasteiger partial charge on any atom is -0.348 e. The van der Waals surface area contributed by atoms with E-state index in [1.807, 2.05) is 31.2 Å². The standard InChI is InChI=1S/C13H19BrN2O/c1-3-8-15-9-13(17)16-10(2)11-4-6-12(14)7-5-11/h4-7,10,15H,3,8-9H2,1-2H3,(H,16,17)/t10-/m0/s1. The molecule has 0 unspecified atom stereocenters. The van der Waals surface area contributed by atoms with Gasteiger partial charge in [0.2, 0.25) is 5.91 Å². The number of carbonyl (C=O) groups excluding carboxylic acids is 1. The van der Waals surface area contributed by atoms with Crippen molar-refractivity contribution in [2.24, 2.45) is 0 Å². The van der Waals surface area contributed by atoms with Crippen LogP contribution in [0.4, 0.5) is 0 Å². The third kappa shape index (κ3) is 5.33. The van der Waals surface area contributed by atoms with E-state index in [-0.39, 0.29) is 11.9 Å². The topological polar surface area (TPSA) is 41.1 Å². The first kappa shape index (κ1) is 14.2. The third-order valence-electron chi connectivity index (χ3n) is 2.46. The van der Waals surface area contributed by atoms with Gasteiger partial charge in [-0.3, -0.25) is 4.79 Å². The summed E-state index contributed by atoms with van der Waals surface area (Å²) >= 11 is 3.39. The number of nitrogens with one attached hydrogen (secondary N) is 2. The quantitative estimate of drug-likeness (QED) is 0.793. The highest BCUT2D eigenvalue weighted by Gasteiger charge is 2.08. The average Bonchev–Trinajstić information content (AvgIpc) is 2.30. The lowest BCUT2D eigenvalue weighted by atomic mass is 10.1. The van der Waals surface area contributed by atoms with Crippen LogP contribution < -0.4 is 10.6 Å². The van der Waals surface area contributed by atoms with E-state index in [0.29, 0.717) is 6.54 Å². The van der Waals surface area contributed by atoms with Crippen LogP contribution in [-0.2, 0) is 4.79 Å². The van der Waals surface area contributed by atoms with E-state index in [2.05, 4.69) is 33.5 Å². The predicted octanol–water partition coefficient (Wildman–Crippen LogP) is 2.63. The molecule has 0 saturated heterocycles. The highest BCUT2D eigenvalue weighted by atomic mass is 79.9. The summed E-state index contributed by atoms with van der Waals surface area (Å²) in [5.74, 6) is 0.0360. The van der Waals surface area contributed by atoms with Gasteiger partial charge in [0.05, 0.1) is 12.6 Å². The van der Waals surface area contributed by atoms with Crippen LogP contribution in [-0.4, -0.2) is 19.0 Å². The van der Waals surface area contributed by atoms with Gasteiger partial charge < -0.3 is 10.6 Å². The molecule has 4 heteroatoms. The average molecular weight is 299 g/mol. The van der Waals surface area contributed by atoms with E-state index < -0.39 is 0 Å². The van der Waals surface area contributed by atoms with Crippen molar-refractivity contribution >= 4 is 21.8 Å². The Morgan fingerprint density at radius 3 is 2.59 bits per heavy atom. The summed E-state index contributed by atoms with van der Waals surface area (Å²) < 4.78 is 1.05.